The van der Waals surface area contributed by atoms with Gasteiger partial charge in [-0.15, -0.1) is 0 Å². The first-order chi connectivity index (χ1) is 15.2. The molecule has 0 spiro atoms. The Kier molecular flexibility index (Phi) is 5.31. The summed E-state index contributed by atoms with van der Waals surface area (Å²) in [6, 6.07) is 10.1. The summed E-state index contributed by atoms with van der Waals surface area (Å²) in [6.07, 6.45) is 1.30. The number of aromatic nitrogens is 1. The van der Waals surface area contributed by atoms with Crippen molar-refractivity contribution in [3.05, 3.63) is 73.8 Å². The van der Waals surface area contributed by atoms with Gasteiger partial charge < -0.3 is 14.6 Å². The average Bonchev–Trinajstić information content (AvgIpc) is 3.18. The summed E-state index contributed by atoms with van der Waals surface area (Å²) < 4.78 is 5.79. The summed E-state index contributed by atoms with van der Waals surface area (Å²) in [5.41, 5.74) is 3.29. The van der Waals surface area contributed by atoms with Gasteiger partial charge in [-0.25, -0.2) is 4.98 Å². The van der Waals surface area contributed by atoms with E-state index in [4.69, 9.17) is 16.0 Å². The third-order valence-electron chi connectivity index (χ3n) is 5.25. The molecule has 1 heterocycles. The van der Waals surface area contributed by atoms with Crippen LogP contribution in [0.2, 0.25) is 5.02 Å². The van der Waals surface area contributed by atoms with E-state index in [-0.39, 0.29) is 27.8 Å². The number of phenolic OH excluding ortho intramolecular Hbond substituents is 2. The quantitative estimate of drug-likeness (QED) is 0.218. The minimum atomic E-state index is -0.679. The van der Waals surface area contributed by atoms with Crippen molar-refractivity contribution < 1.29 is 19.6 Å². The second kappa shape index (κ2) is 7.97. The number of aryl methyl sites for hydroxylation is 1. The van der Waals surface area contributed by atoms with Crippen molar-refractivity contribution >= 4 is 40.3 Å². The Bertz CT molecular complexity index is 1430. The molecule has 0 aliphatic carbocycles. The summed E-state index contributed by atoms with van der Waals surface area (Å²) >= 11 is 6.23. The molecule has 0 fully saturated rings. The topological polar surface area (TPSA) is 122 Å². The Hall–Kier alpha value is -3.91. The zero-order chi connectivity index (χ0) is 23.2. The number of phenols is 2. The van der Waals surface area contributed by atoms with Crippen LogP contribution in [0.5, 0.6) is 11.5 Å². The van der Waals surface area contributed by atoms with Crippen molar-refractivity contribution in [2.24, 2.45) is 4.99 Å². The number of oxazole rings is 1. The molecule has 0 radical (unpaired) electrons. The highest BCUT2D eigenvalue weighted by Gasteiger charge is 2.25. The molecule has 9 heteroatoms. The third kappa shape index (κ3) is 3.54. The first kappa shape index (κ1) is 21.3. The number of rotatable bonds is 4. The molecule has 0 unspecified atom stereocenters. The lowest BCUT2D eigenvalue weighted by molar-refractivity contribution is -0.386. The fraction of sp³-hybridized carbons (Fsp3) is 0.130. The lowest BCUT2D eigenvalue weighted by Crippen LogP contribution is -2.00. The number of nitrogens with zero attached hydrogens (tertiary/aromatic N) is 3. The van der Waals surface area contributed by atoms with Crippen molar-refractivity contribution in [3.63, 3.8) is 0 Å². The largest absolute Gasteiger partial charge is 0.507 e. The van der Waals surface area contributed by atoms with Crippen LogP contribution in [-0.4, -0.2) is 26.3 Å². The Morgan fingerprint density at radius 1 is 1.16 bits per heavy atom. The maximum absolute atomic E-state index is 11.4. The van der Waals surface area contributed by atoms with E-state index < -0.39 is 16.4 Å². The van der Waals surface area contributed by atoms with Crippen LogP contribution in [0, 0.1) is 30.9 Å². The summed E-state index contributed by atoms with van der Waals surface area (Å²) in [5, 5.41) is 32.3. The molecule has 0 bridgehead atoms. The molecule has 0 aliphatic rings. The summed E-state index contributed by atoms with van der Waals surface area (Å²) in [4.78, 5) is 19.5. The van der Waals surface area contributed by atoms with Gasteiger partial charge in [-0.2, -0.15) is 0 Å². The van der Waals surface area contributed by atoms with Gasteiger partial charge in [0, 0.05) is 17.3 Å². The molecule has 0 amide bonds. The highest BCUT2D eigenvalue weighted by molar-refractivity contribution is 6.33. The van der Waals surface area contributed by atoms with Gasteiger partial charge in [-0.1, -0.05) is 23.7 Å². The minimum absolute atomic E-state index is 0.0406. The molecule has 4 rings (SSSR count). The lowest BCUT2D eigenvalue weighted by atomic mass is 10.0. The van der Waals surface area contributed by atoms with Crippen molar-refractivity contribution in [2.75, 3.05) is 0 Å². The van der Waals surface area contributed by atoms with Crippen LogP contribution in [0.4, 0.5) is 11.4 Å². The SMILES string of the molecule is Cc1c(Cl)c(C)c([N+](=O)[O-])c(O)c1C=Nc1ccc(O)c(-c2nc3c(C)cccc3o2)c1. The monoisotopic (exact) mass is 451 g/mol. The van der Waals surface area contributed by atoms with E-state index in [1.165, 1.54) is 19.2 Å². The van der Waals surface area contributed by atoms with Crippen molar-refractivity contribution in [2.45, 2.75) is 20.8 Å². The van der Waals surface area contributed by atoms with Crippen LogP contribution in [0.3, 0.4) is 0 Å². The predicted molar refractivity (Wildman–Crippen MR) is 122 cm³/mol. The maximum Gasteiger partial charge on any atom is 0.315 e. The highest BCUT2D eigenvalue weighted by atomic mass is 35.5. The number of para-hydroxylation sites is 1. The van der Waals surface area contributed by atoms with E-state index in [1.807, 2.05) is 19.1 Å². The van der Waals surface area contributed by atoms with Crippen LogP contribution >= 0.6 is 11.6 Å². The van der Waals surface area contributed by atoms with E-state index in [9.17, 15) is 20.3 Å². The first-order valence-corrected chi connectivity index (χ1v) is 9.96. The molecule has 0 aliphatic heterocycles. The highest BCUT2D eigenvalue weighted by Crippen LogP contribution is 2.40. The molecule has 0 saturated heterocycles. The fourth-order valence-electron chi connectivity index (χ4n) is 3.48. The summed E-state index contributed by atoms with van der Waals surface area (Å²) in [6.45, 7) is 5.03. The number of nitro benzene ring substituents is 1. The summed E-state index contributed by atoms with van der Waals surface area (Å²) in [5.74, 6) is -0.315. The van der Waals surface area contributed by atoms with Gasteiger partial charge in [0.1, 0.15) is 11.3 Å². The number of benzene rings is 3. The predicted octanol–water partition coefficient (Wildman–Crippen LogP) is 6.14. The molecule has 162 valence electrons. The van der Waals surface area contributed by atoms with Crippen LogP contribution < -0.4 is 0 Å². The van der Waals surface area contributed by atoms with E-state index >= 15 is 0 Å². The molecular weight excluding hydrogens is 434 g/mol. The molecule has 3 aromatic carbocycles. The first-order valence-electron chi connectivity index (χ1n) is 9.58. The Morgan fingerprint density at radius 2 is 1.91 bits per heavy atom. The standard InChI is InChI=1S/C23H18ClN3O5/c1-11-5-4-6-18-20(11)26-23(32-18)15-9-14(7-8-17(15)28)25-10-16-12(2)19(24)13(3)21(22(16)29)27(30)31/h4-10,28-29H,1-3H3. The van der Waals surface area contributed by atoms with Gasteiger partial charge >= 0.3 is 5.69 Å². The Labute approximate surface area is 187 Å². The minimum Gasteiger partial charge on any atom is -0.507 e. The number of aromatic hydroxyl groups is 2. The zero-order valence-electron chi connectivity index (χ0n) is 17.4. The number of fused-ring (bicyclic) bond motifs is 1. The third-order valence-corrected chi connectivity index (χ3v) is 5.82. The number of halogens is 1. The molecule has 0 saturated carbocycles. The molecular formula is C23H18ClN3O5. The van der Waals surface area contributed by atoms with Crippen molar-refractivity contribution in [1.29, 1.82) is 0 Å². The molecule has 8 nitrogen and oxygen atoms in total. The number of nitro groups is 1. The number of hydrogen-bond donors (Lipinski definition) is 2. The molecule has 2 N–H and O–H groups in total. The van der Waals surface area contributed by atoms with E-state index in [0.29, 0.717) is 27.9 Å². The van der Waals surface area contributed by atoms with Gasteiger partial charge in [-0.05, 0) is 56.2 Å². The Morgan fingerprint density at radius 3 is 2.59 bits per heavy atom. The average molecular weight is 452 g/mol. The van der Waals surface area contributed by atoms with Gasteiger partial charge in [0.15, 0.2) is 5.58 Å². The van der Waals surface area contributed by atoms with Crippen molar-refractivity contribution in [1.82, 2.24) is 4.98 Å². The van der Waals surface area contributed by atoms with Gasteiger partial charge in [-0.3, -0.25) is 15.1 Å². The smallest absolute Gasteiger partial charge is 0.315 e. The van der Waals surface area contributed by atoms with E-state index in [2.05, 4.69) is 9.98 Å². The van der Waals surface area contributed by atoms with E-state index in [1.54, 1.807) is 25.1 Å². The number of hydrogen-bond acceptors (Lipinski definition) is 7. The van der Waals surface area contributed by atoms with Crippen molar-refractivity contribution in [3.8, 4) is 23.0 Å². The van der Waals surface area contributed by atoms with Crippen LogP contribution in [0.15, 0.2) is 45.8 Å². The zero-order valence-corrected chi connectivity index (χ0v) is 18.1. The van der Waals surface area contributed by atoms with Gasteiger partial charge in [0.2, 0.25) is 11.6 Å². The second-order valence-electron chi connectivity index (χ2n) is 7.33. The van der Waals surface area contributed by atoms with Crippen LogP contribution in [-0.2, 0) is 0 Å². The number of aliphatic imine (C=N–C) groups is 1. The maximum atomic E-state index is 11.4. The summed E-state index contributed by atoms with van der Waals surface area (Å²) in [7, 11) is 0. The normalized spacial score (nSPS) is 11.5. The van der Waals surface area contributed by atoms with Crippen LogP contribution in [0.1, 0.15) is 22.3 Å². The fourth-order valence-corrected chi connectivity index (χ4v) is 3.67. The Balaban J connectivity index is 1.78. The van der Waals surface area contributed by atoms with Gasteiger partial charge in [0.25, 0.3) is 0 Å². The van der Waals surface area contributed by atoms with E-state index in [0.717, 1.165) is 5.56 Å². The van der Waals surface area contributed by atoms with Crippen LogP contribution in [0.25, 0.3) is 22.6 Å². The molecule has 0 atom stereocenters. The van der Waals surface area contributed by atoms with Gasteiger partial charge in [0.05, 0.1) is 21.2 Å². The molecule has 4 aromatic rings. The second-order valence-corrected chi connectivity index (χ2v) is 7.71. The molecule has 32 heavy (non-hydrogen) atoms. The molecule has 1 aromatic heterocycles. The lowest BCUT2D eigenvalue weighted by Gasteiger charge is -2.10.